The zero-order chi connectivity index (χ0) is 18.5. The minimum Gasteiger partial charge on any atom is -0.482 e. The summed E-state index contributed by atoms with van der Waals surface area (Å²) in [6, 6.07) is 18.9. The van der Waals surface area contributed by atoms with Crippen molar-refractivity contribution in [2.75, 3.05) is 11.9 Å². The lowest BCUT2D eigenvalue weighted by atomic mass is 10.1. The molecule has 26 heavy (non-hydrogen) atoms. The summed E-state index contributed by atoms with van der Waals surface area (Å²) >= 11 is 14.6. The first-order valence-electron chi connectivity index (χ1n) is 7.69. The summed E-state index contributed by atoms with van der Waals surface area (Å²) in [5, 5.41) is 8.37. The molecule has 0 saturated carbocycles. The van der Waals surface area contributed by atoms with E-state index in [1.807, 2.05) is 42.5 Å². The highest BCUT2D eigenvalue weighted by molar-refractivity contribution is 9.10. The van der Waals surface area contributed by atoms with Gasteiger partial charge >= 0.3 is 0 Å². The molecule has 0 atom stereocenters. The maximum absolute atomic E-state index is 12.0. The predicted molar refractivity (Wildman–Crippen MR) is 113 cm³/mol. The van der Waals surface area contributed by atoms with Gasteiger partial charge in [-0.2, -0.15) is 0 Å². The highest BCUT2D eigenvalue weighted by Crippen LogP contribution is 2.27. The number of fused-ring (bicyclic) bond motifs is 1. The molecule has 0 fully saturated rings. The molecule has 7 heteroatoms. The van der Waals surface area contributed by atoms with Crippen LogP contribution in [0, 0.1) is 0 Å². The first-order chi connectivity index (χ1) is 12.5. The van der Waals surface area contributed by atoms with Crippen LogP contribution in [0.1, 0.15) is 0 Å². The number of carbonyl (C=O) groups is 1. The lowest BCUT2D eigenvalue weighted by Crippen LogP contribution is -2.37. The van der Waals surface area contributed by atoms with Gasteiger partial charge < -0.3 is 10.1 Å². The van der Waals surface area contributed by atoms with Crippen molar-refractivity contribution in [3.63, 3.8) is 0 Å². The van der Waals surface area contributed by atoms with Crippen LogP contribution in [-0.2, 0) is 4.79 Å². The quantitative estimate of drug-likeness (QED) is 0.541. The minimum atomic E-state index is -0.373. The maximum atomic E-state index is 12.0. The molecule has 4 nitrogen and oxygen atoms in total. The van der Waals surface area contributed by atoms with Crippen LogP contribution in [0.4, 0.5) is 5.69 Å². The van der Waals surface area contributed by atoms with Gasteiger partial charge in [0.15, 0.2) is 11.7 Å². The van der Waals surface area contributed by atoms with E-state index >= 15 is 0 Å². The summed E-state index contributed by atoms with van der Waals surface area (Å²) in [5.41, 5.74) is 0.824. The van der Waals surface area contributed by atoms with Gasteiger partial charge in [-0.3, -0.25) is 10.1 Å². The number of hydrogen-bond acceptors (Lipinski definition) is 3. The largest absolute Gasteiger partial charge is 0.482 e. The second-order valence-corrected chi connectivity index (χ2v) is 7.12. The molecule has 0 aliphatic carbocycles. The number of amides is 1. The second kappa shape index (κ2) is 8.49. The van der Waals surface area contributed by atoms with E-state index in [0.717, 1.165) is 20.9 Å². The number of anilines is 1. The third-order valence-corrected chi connectivity index (χ3v) is 4.54. The Morgan fingerprint density at radius 1 is 1.12 bits per heavy atom. The average molecular weight is 450 g/mol. The van der Waals surface area contributed by atoms with E-state index in [1.54, 1.807) is 18.2 Å². The van der Waals surface area contributed by atoms with Gasteiger partial charge in [0.05, 0.1) is 5.02 Å². The Morgan fingerprint density at radius 3 is 2.69 bits per heavy atom. The average Bonchev–Trinajstić information content (AvgIpc) is 2.61. The van der Waals surface area contributed by atoms with Crippen molar-refractivity contribution in [3.05, 3.63) is 70.2 Å². The summed E-state index contributed by atoms with van der Waals surface area (Å²) in [6.07, 6.45) is 0. The lowest BCUT2D eigenvalue weighted by molar-refractivity contribution is -0.121. The number of halogens is 2. The number of benzene rings is 3. The van der Waals surface area contributed by atoms with Crippen molar-refractivity contribution in [3.8, 4) is 5.75 Å². The summed E-state index contributed by atoms with van der Waals surface area (Å²) in [7, 11) is 0. The molecule has 0 radical (unpaired) electrons. The second-order valence-electron chi connectivity index (χ2n) is 5.39. The molecule has 0 aliphatic rings. The van der Waals surface area contributed by atoms with Crippen LogP contribution in [0.15, 0.2) is 65.1 Å². The standard InChI is InChI=1S/C19H14BrClN2O2S/c20-13-8-9-17(15(21)10-13)25-11-18(24)23-19(26)22-16-7-3-5-12-4-1-2-6-14(12)16/h1-10H,11H2,(H2,22,23,24,26). The van der Waals surface area contributed by atoms with E-state index in [2.05, 4.69) is 26.6 Å². The van der Waals surface area contributed by atoms with Crippen molar-refractivity contribution in [1.82, 2.24) is 5.32 Å². The van der Waals surface area contributed by atoms with Gasteiger partial charge in [0.25, 0.3) is 5.91 Å². The normalized spacial score (nSPS) is 10.4. The predicted octanol–water partition coefficient (Wildman–Crippen LogP) is 5.15. The van der Waals surface area contributed by atoms with E-state index in [1.165, 1.54) is 0 Å². The fraction of sp³-hybridized carbons (Fsp3) is 0.0526. The van der Waals surface area contributed by atoms with Gasteiger partial charge in [0, 0.05) is 15.5 Å². The molecule has 0 bridgehead atoms. The SMILES string of the molecule is O=C(COc1ccc(Br)cc1Cl)NC(=S)Nc1cccc2ccccc12. The molecule has 0 saturated heterocycles. The van der Waals surface area contributed by atoms with Crippen molar-refractivity contribution >= 4 is 67.2 Å². The highest BCUT2D eigenvalue weighted by atomic mass is 79.9. The van der Waals surface area contributed by atoms with Gasteiger partial charge in [-0.15, -0.1) is 0 Å². The third kappa shape index (κ3) is 4.72. The Labute approximate surface area is 169 Å². The molecule has 132 valence electrons. The minimum absolute atomic E-state index is 0.196. The Kier molecular flexibility index (Phi) is 6.08. The zero-order valence-electron chi connectivity index (χ0n) is 13.5. The molecule has 0 spiro atoms. The van der Waals surface area contributed by atoms with Crippen molar-refractivity contribution in [1.29, 1.82) is 0 Å². The molecule has 0 aromatic heterocycles. The first kappa shape index (κ1) is 18.6. The molecule has 3 aromatic carbocycles. The van der Waals surface area contributed by atoms with Gasteiger partial charge in [0.1, 0.15) is 5.75 Å². The van der Waals surface area contributed by atoms with Crippen LogP contribution in [0.5, 0.6) is 5.75 Å². The fourth-order valence-electron chi connectivity index (χ4n) is 2.39. The molecule has 0 heterocycles. The van der Waals surface area contributed by atoms with E-state index in [-0.39, 0.29) is 17.6 Å². The van der Waals surface area contributed by atoms with Crippen LogP contribution >= 0.6 is 39.7 Å². The summed E-state index contributed by atoms with van der Waals surface area (Å²) in [4.78, 5) is 12.0. The molecule has 0 unspecified atom stereocenters. The molecular weight excluding hydrogens is 436 g/mol. The zero-order valence-corrected chi connectivity index (χ0v) is 16.6. The van der Waals surface area contributed by atoms with Gasteiger partial charge in [-0.25, -0.2) is 0 Å². The monoisotopic (exact) mass is 448 g/mol. The number of thiocarbonyl (C=S) groups is 1. The highest BCUT2D eigenvalue weighted by Gasteiger charge is 2.09. The topological polar surface area (TPSA) is 50.4 Å². The van der Waals surface area contributed by atoms with Gasteiger partial charge in [-0.1, -0.05) is 63.9 Å². The van der Waals surface area contributed by atoms with Crippen LogP contribution in [0.2, 0.25) is 5.02 Å². The van der Waals surface area contributed by atoms with Crippen LogP contribution in [0.25, 0.3) is 10.8 Å². The Bertz CT molecular complexity index is 975. The number of carbonyl (C=O) groups excluding carboxylic acids is 1. The Morgan fingerprint density at radius 2 is 1.88 bits per heavy atom. The lowest BCUT2D eigenvalue weighted by Gasteiger charge is -2.12. The first-order valence-corrected chi connectivity index (χ1v) is 9.27. The molecule has 0 aliphatic heterocycles. The Hall–Kier alpha value is -2.15. The van der Waals surface area contributed by atoms with Gasteiger partial charge in [-0.05, 0) is 41.9 Å². The van der Waals surface area contributed by atoms with Crippen molar-refractivity contribution < 1.29 is 9.53 Å². The number of rotatable bonds is 4. The fourth-order valence-corrected chi connectivity index (χ4v) is 3.34. The summed E-state index contributed by atoms with van der Waals surface area (Å²) < 4.78 is 6.26. The smallest absolute Gasteiger partial charge is 0.264 e. The molecule has 3 aromatic rings. The van der Waals surface area contributed by atoms with E-state index in [9.17, 15) is 4.79 Å². The molecular formula is C19H14BrClN2O2S. The van der Waals surface area contributed by atoms with Crippen LogP contribution < -0.4 is 15.4 Å². The molecule has 3 rings (SSSR count). The van der Waals surface area contributed by atoms with E-state index < -0.39 is 0 Å². The summed E-state index contributed by atoms with van der Waals surface area (Å²) in [6.45, 7) is -0.196. The molecule has 1 amide bonds. The molecule has 2 N–H and O–H groups in total. The van der Waals surface area contributed by atoms with Crippen molar-refractivity contribution in [2.45, 2.75) is 0 Å². The van der Waals surface area contributed by atoms with E-state index in [4.69, 9.17) is 28.6 Å². The van der Waals surface area contributed by atoms with Crippen LogP contribution in [0.3, 0.4) is 0 Å². The maximum Gasteiger partial charge on any atom is 0.264 e. The van der Waals surface area contributed by atoms with Crippen LogP contribution in [-0.4, -0.2) is 17.6 Å². The summed E-state index contributed by atoms with van der Waals surface area (Å²) in [5.74, 6) is 0.0552. The van der Waals surface area contributed by atoms with Crippen molar-refractivity contribution in [2.24, 2.45) is 0 Å². The number of ether oxygens (including phenoxy) is 1. The number of nitrogens with one attached hydrogen (secondary N) is 2. The third-order valence-electron chi connectivity index (χ3n) is 3.54. The Balaban J connectivity index is 1.58. The van der Waals surface area contributed by atoms with Gasteiger partial charge in [0.2, 0.25) is 0 Å². The number of hydrogen-bond donors (Lipinski definition) is 2. The van der Waals surface area contributed by atoms with E-state index in [0.29, 0.717) is 10.8 Å².